The molecule has 49 heavy (non-hydrogen) atoms. The highest BCUT2D eigenvalue weighted by molar-refractivity contribution is 6.00. The number of aryl methyl sites for hydroxylation is 2. The van der Waals surface area contributed by atoms with Gasteiger partial charge in [-0.25, -0.2) is 4.79 Å². The van der Waals surface area contributed by atoms with Crippen LogP contribution in [0.1, 0.15) is 74.3 Å². The van der Waals surface area contributed by atoms with Gasteiger partial charge in [-0.15, -0.1) is 0 Å². The first-order valence-corrected chi connectivity index (χ1v) is 17.0. The van der Waals surface area contributed by atoms with Gasteiger partial charge in [0.15, 0.2) is 0 Å². The molecule has 0 saturated heterocycles. The van der Waals surface area contributed by atoms with Gasteiger partial charge in [0.1, 0.15) is 23.9 Å². The van der Waals surface area contributed by atoms with Gasteiger partial charge in [0.2, 0.25) is 0 Å². The van der Waals surface area contributed by atoms with Crippen molar-refractivity contribution in [2.45, 2.75) is 71.4 Å². The normalized spacial score (nSPS) is 14.5. The molecule has 1 aliphatic rings. The molecule has 0 fully saturated rings. The molecule has 1 atom stereocenters. The summed E-state index contributed by atoms with van der Waals surface area (Å²) >= 11 is 0. The summed E-state index contributed by atoms with van der Waals surface area (Å²) in [5, 5.41) is 20.1. The topological polar surface area (TPSA) is 115 Å². The summed E-state index contributed by atoms with van der Waals surface area (Å²) < 4.78 is 6.05. The number of hydrogen-bond acceptors (Lipinski definition) is 5. The van der Waals surface area contributed by atoms with E-state index in [1.54, 1.807) is 43.5 Å². The second kappa shape index (κ2) is 18.0. The molecule has 0 saturated carbocycles. The van der Waals surface area contributed by atoms with E-state index in [-0.39, 0.29) is 18.4 Å². The number of benzene rings is 2. The van der Waals surface area contributed by atoms with Crippen LogP contribution >= 0.6 is 0 Å². The van der Waals surface area contributed by atoms with Gasteiger partial charge in [0, 0.05) is 41.7 Å². The third-order valence-electron chi connectivity index (χ3n) is 8.47. The number of nitrogens with one attached hydrogen (secondary N) is 4. The summed E-state index contributed by atoms with van der Waals surface area (Å²) in [7, 11) is 0. The van der Waals surface area contributed by atoms with E-state index < -0.39 is 5.72 Å². The number of Topliss-reactive ketones (excluding diaryl/α,β-unsaturated/α-hetero) is 1. The minimum absolute atomic E-state index is 0.259. The Morgan fingerprint density at radius 3 is 2.61 bits per heavy atom. The molecule has 0 aliphatic heterocycles. The molecule has 4 rings (SSSR count). The molecule has 5 N–H and O–H groups in total. The number of carbonyl (C=O) groups excluding carboxylic acids is 2. The van der Waals surface area contributed by atoms with E-state index in [9.17, 15) is 14.7 Å². The molecule has 2 aromatic carbocycles. The number of amides is 2. The highest BCUT2D eigenvalue weighted by atomic mass is 16.5. The Balaban J connectivity index is 1.28. The third-order valence-corrected chi connectivity index (χ3v) is 8.47. The van der Waals surface area contributed by atoms with E-state index in [2.05, 4.69) is 40.2 Å². The van der Waals surface area contributed by atoms with Crippen molar-refractivity contribution in [1.82, 2.24) is 10.3 Å². The number of allylic oxidation sites excluding steroid dienone is 6. The number of carbonyl (C=O) groups is 2. The molecule has 0 spiro atoms. The van der Waals surface area contributed by atoms with Crippen LogP contribution in [0.5, 0.6) is 5.75 Å². The van der Waals surface area contributed by atoms with Crippen LogP contribution in [0.2, 0.25) is 0 Å². The number of aromatic amines is 1. The summed E-state index contributed by atoms with van der Waals surface area (Å²) in [6.45, 7) is 14.4. The van der Waals surface area contributed by atoms with Crippen LogP contribution in [0.4, 0.5) is 16.2 Å². The first-order chi connectivity index (χ1) is 23.5. The predicted molar refractivity (Wildman–Crippen MR) is 201 cm³/mol. The molecule has 8 heteroatoms. The van der Waals surface area contributed by atoms with Gasteiger partial charge in [0.25, 0.3) is 0 Å². The summed E-state index contributed by atoms with van der Waals surface area (Å²) in [5.74, 6) is 0.899. The van der Waals surface area contributed by atoms with E-state index in [4.69, 9.17) is 4.74 Å². The van der Waals surface area contributed by atoms with Crippen molar-refractivity contribution in [2.24, 2.45) is 0 Å². The quantitative estimate of drug-likeness (QED) is 0.0428. The minimum Gasteiger partial charge on any atom is -0.489 e. The van der Waals surface area contributed by atoms with Crippen molar-refractivity contribution in [1.29, 1.82) is 0 Å². The van der Waals surface area contributed by atoms with Gasteiger partial charge in [-0.2, -0.15) is 0 Å². The van der Waals surface area contributed by atoms with Gasteiger partial charge in [-0.3, -0.25) is 10.1 Å². The summed E-state index contributed by atoms with van der Waals surface area (Å²) in [5.41, 5.74) is 6.47. The van der Waals surface area contributed by atoms with Crippen molar-refractivity contribution in [3.63, 3.8) is 0 Å². The van der Waals surface area contributed by atoms with Gasteiger partial charge < -0.3 is 25.5 Å². The van der Waals surface area contributed by atoms with Crippen molar-refractivity contribution in [3.05, 3.63) is 132 Å². The fraction of sp³-hybridized carbons (Fsp3) is 0.317. The van der Waals surface area contributed by atoms with E-state index in [0.717, 1.165) is 40.9 Å². The van der Waals surface area contributed by atoms with Gasteiger partial charge >= 0.3 is 6.03 Å². The largest absolute Gasteiger partial charge is 0.489 e. The van der Waals surface area contributed by atoms with Gasteiger partial charge in [0.05, 0.1) is 0 Å². The zero-order valence-corrected chi connectivity index (χ0v) is 29.0. The number of ketones is 1. The van der Waals surface area contributed by atoms with Crippen molar-refractivity contribution in [3.8, 4) is 5.75 Å². The molecule has 1 heterocycles. The number of ether oxygens (including phenoxy) is 1. The van der Waals surface area contributed by atoms with E-state index in [1.165, 1.54) is 18.4 Å². The Kier molecular flexibility index (Phi) is 13.6. The van der Waals surface area contributed by atoms with Crippen LogP contribution in [-0.2, 0) is 10.5 Å². The van der Waals surface area contributed by atoms with Crippen LogP contribution < -0.4 is 20.7 Å². The SMILES string of the molecule is C=C/C=C\C(=C/C(=C)c1cc(C(C)(O)NCCCC(=O)CC2=CCCCC2)c[nH]1)COc1ccc(NC(=O)Nc2cc(C)ccc2C)cc1. The van der Waals surface area contributed by atoms with Crippen LogP contribution in [0.25, 0.3) is 5.57 Å². The lowest BCUT2D eigenvalue weighted by Gasteiger charge is -2.24. The number of aliphatic hydroxyl groups is 1. The zero-order valence-electron chi connectivity index (χ0n) is 29.0. The summed E-state index contributed by atoms with van der Waals surface area (Å²) in [6.07, 6.45) is 17.6. The lowest BCUT2D eigenvalue weighted by molar-refractivity contribution is -0.118. The van der Waals surface area contributed by atoms with Crippen molar-refractivity contribution >= 4 is 28.8 Å². The Morgan fingerprint density at radius 1 is 1.08 bits per heavy atom. The Morgan fingerprint density at radius 2 is 1.88 bits per heavy atom. The highest BCUT2D eigenvalue weighted by Crippen LogP contribution is 2.25. The molecular formula is C41H50N4O4. The number of H-pyrrole nitrogens is 1. The Bertz CT molecular complexity index is 1710. The zero-order chi connectivity index (χ0) is 35.2. The van der Waals surface area contributed by atoms with E-state index in [0.29, 0.717) is 48.4 Å². The first kappa shape index (κ1) is 36.9. The van der Waals surface area contributed by atoms with Gasteiger partial charge in [-0.05, 0) is 124 Å². The molecule has 0 radical (unpaired) electrons. The lowest BCUT2D eigenvalue weighted by Crippen LogP contribution is -2.39. The molecule has 1 unspecified atom stereocenters. The number of rotatable bonds is 17. The number of hydrogen-bond donors (Lipinski definition) is 5. The summed E-state index contributed by atoms with van der Waals surface area (Å²) in [4.78, 5) is 28.2. The third kappa shape index (κ3) is 11.9. The van der Waals surface area contributed by atoms with Crippen LogP contribution in [0.3, 0.4) is 0 Å². The molecule has 0 bridgehead atoms. The highest BCUT2D eigenvalue weighted by Gasteiger charge is 2.24. The monoisotopic (exact) mass is 662 g/mol. The van der Waals surface area contributed by atoms with Crippen LogP contribution in [0, 0.1) is 13.8 Å². The fourth-order valence-corrected chi connectivity index (χ4v) is 5.57. The minimum atomic E-state index is -1.27. The fourth-order valence-electron chi connectivity index (χ4n) is 5.57. The number of anilines is 2. The maximum atomic E-state index is 12.5. The Hall–Kier alpha value is -4.92. The molecule has 1 aliphatic carbocycles. The average Bonchev–Trinajstić information content (AvgIpc) is 3.59. The van der Waals surface area contributed by atoms with E-state index >= 15 is 0 Å². The lowest BCUT2D eigenvalue weighted by atomic mass is 9.94. The smallest absolute Gasteiger partial charge is 0.323 e. The molecule has 2 amide bonds. The standard InChI is InChI=1S/C41H50N4O4/c1-6-7-12-33(28-49-37-20-18-35(19-21-37)44-40(47)45-39-23-29(2)16-17-30(39)3)24-31(4)38-26-34(27-42-38)41(5,48)43-22-11-15-36(46)25-32-13-9-8-10-14-32/h6-7,12-13,16-21,23-24,26-27,42-43,48H,1,4,8-11,14-15,22,25,28H2,2-3,5H3,(H2,44,45,47)/b12-7-,33-24+. The summed E-state index contributed by atoms with van der Waals surface area (Å²) in [6, 6.07) is 14.6. The predicted octanol–water partition coefficient (Wildman–Crippen LogP) is 9.03. The maximum absolute atomic E-state index is 12.5. The molecular weight excluding hydrogens is 612 g/mol. The second-order valence-corrected chi connectivity index (χ2v) is 12.8. The molecule has 8 nitrogen and oxygen atoms in total. The van der Waals surface area contributed by atoms with Gasteiger partial charge in [-0.1, -0.05) is 55.2 Å². The van der Waals surface area contributed by atoms with Crippen molar-refractivity contribution in [2.75, 3.05) is 23.8 Å². The second-order valence-electron chi connectivity index (χ2n) is 12.8. The Labute approximate surface area is 290 Å². The molecule has 1 aromatic heterocycles. The average molecular weight is 663 g/mol. The first-order valence-electron chi connectivity index (χ1n) is 17.0. The van der Waals surface area contributed by atoms with Crippen molar-refractivity contribution < 1.29 is 19.4 Å². The number of aromatic nitrogens is 1. The molecule has 3 aromatic rings. The molecule has 258 valence electrons. The van der Waals surface area contributed by atoms with E-state index in [1.807, 2.05) is 56.3 Å². The van der Waals surface area contributed by atoms with Crippen LogP contribution in [0.15, 0.2) is 109 Å². The maximum Gasteiger partial charge on any atom is 0.323 e. The number of urea groups is 1. The van der Waals surface area contributed by atoms with Crippen LogP contribution in [-0.4, -0.2) is 35.1 Å².